The fourth-order valence-corrected chi connectivity index (χ4v) is 4.54. The Hall–Kier alpha value is -1.68. The van der Waals surface area contributed by atoms with Gasteiger partial charge in [-0.1, -0.05) is 26.0 Å². The maximum atomic E-state index is 12.0. The number of amides is 1. The summed E-state index contributed by atoms with van der Waals surface area (Å²) in [7, 11) is 1.62. The molecule has 1 aliphatic rings. The van der Waals surface area contributed by atoms with E-state index in [4.69, 9.17) is 9.94 Å². The standard InChI is InChI=1S/C17H27N3O5S/c1-12(2)15(16(21)18-22)17(26(23)24)20-10-8-19(9-11-20)13-6-4-5-7-14(13)25-3/h4-7,12,15,17,22H,8-11H2,1-3H3,(H,18,21)(H,23,24)/p-1. The minimum atomic E-state index is -2.47. The summed E-state index contributed by atoms with van der Waals surface area (Å²) < 4.78 is 29.2. The first-order valence-corrected chi connectivity index (χ1v) is 9.68. The van der Waals surface area contributed by atoms with Crippen LogP contribution in [0.5, 0.6) is 5.75 Å². The zero-order valence-corrected chi connectivity index (χ0v) is 16.1. The summed E-state index contributed by atoms with van der Waals surface area (Å²) in [5.74, 6) is -1.00. The van der Waals surface area contributed by atoms with Crippen LogP contribution in [0.15, 0.2) is 24.3 Å². The Labute approximate surface area is 156 Å². The molecule has 1 fully saturated rings. The SMILES string of the molecule is COc1ccccc1N1CCN(C(C(C(=O)NO)C(C)C)S(=O)[O-])CC1. The second-order valence-electron chi connectivity index (χ2n) is 6.59. The van der Waals surface area contributed by atoms with Gasteiger partial charge in [0.15, 0.2) is 0 Å². The van der Waals surface area contributed by atoms with Crippen LogP contribution in [0.3, 0.4) is 0 Å². The molecular weight excluding hydrogens is 358 g/mol. The van der Waals surface area contributed by atoms with E-state index in [1.807, 2.05) is 24.3 Å². The van der Waals surface area contributed by atoms with Gasteiger partial charge in [-0.15, -0.1) is 0 Å². The lowest BCUT2D eigenvalue weighted by molar-refractivity contribution is -0.136. The zero-order valence-electron chi connectivity index (χ0n) is 15.3. The lowest BCUT2D eigenvalue weighted by Crippen LogP contribution is -2.57. The molecule has 1 aliphatic heterocycles. The van der Waals surface area contributed by atoms with Gasteiger partial charge in [0.1, 0.15) is 5.75 Å². The summed E-state index contributed by atoms with van der Waals surface area (Å²) in [6.45, 7) is 5.73. The number of rotatable bonds is 7. The maximum Gasteiger partial charge on any atom is 0.249 e. The van der Waals surface area contributed by atoms with Gasteiger partial charge in [-0.05, 0) is 29.1 Å². The highest BCUT2D eigenvalue weighted by atomic mass is 32.2. The number of hydrogen-bond donors (Lipinski definition) is 2. The average molecular weight is 384 g/mol. The van der Waals surface area contributed by atoms with Crippen LogP contribution in [0, 0.1) is 11.8 Å². The van der Waals surface area contributed by atoms with Gasteiger partial charge in [-0.3, -0.25) is 19.1 Å². The number of anilines is 1. The minimum absolute atomic E-state index is 0.239. The molecule has 0 bridgehead atoms. The van der Waals surface area contributed by atoms with E-state index in [-0.39, 0.29) is 5.92 Å². The van der Waals surface area contributed by atoms with Crippen molar-refractivity contribution in [2.45, 2.75) is 19.2 Å². The van der Waals surface area contributed by atoms with Crippen molar-refractivity contribution in [3.05, 3.63) is 24.3 Å². The van der Waals surface area contributed by atoms with E-state index >= 15 is 0 Å². The van der Waals surface area contributed by atoms with Crippen molar-refractivity contribution >= 4 is 22.7 Å². The largest absolute Gasteiger partial charge is 0.771 e. The van der Waals surface area contributed by atoms with Crippen molar-refractivity contribution < 1.29 is 23.5 Å². The van der Waals surface area contributed by atoms with Crippen molar-refractivity contribution in [3.8, 4) is 5.75 Å². The molecule has 3 atom stereocenters. The van der Waals surface area contributed by atoms with Gasteiger partial charge < -0.3 is 14.2 Å². The van der Waals surface area contributed by atoms with Gasteiger partial charge in [-0.2, -0.15) is 0 Å². The number of nitrogens with one attached hydrogen (secondary N) is 1. The minimum Gasteiger partial charge on any atom is -0.771 e. The third-order valence-corrected chi connectivity index (χ3v) is 5.72. The molecule has 3 unspecified atom stereocenters. The second kappa shape index (κ2) is 9.31. The number of benzene rings is 1. The van der Waals surface area contributed by atoms with Gasteiger partial charge in [0.05, 0.1) is 24.1 Å². The molecule has 0 spiro atoms. The monoisotopic (exact) mass is 384 g/mol. The van der Waals surface area contributed by atoms with Crippen LogP contribution in [0.2, 0.25) is 0 Å². The Kier molecular flexibility index (Phi) is 7.39. The summed E-state index contributed by atoms with van der Waals surface area (Å²) in [5.41, 5.74) is 2.57. The van der Waals surface area contributed by atoms with Crippen LogP contribution < -0.4 is 15.1 Å². The third kappa shape index (κ3) is 4.53. The summed E-state index contributed by atoms with van der Waals surface area (Å²) in [4.78, 5) is 15.9. The van der Waals surface area contributed by atoms with E-state index in [0.29, 0.717) is 26.2 Å². The van der Waals surface area contributed by atoms with Crippen LogP contribution >= 0.6 is 0 Å². The maximum absolute atomic E-state index is 12.0. The molecule has 1 aromatic rings. The fourth-order valence-electron chi connectivity index (χ4n) is 3.41. The molecule has 1 aromatic carbocycles. The van der Waals surface area contributed by atoms with Crippen molar-refractivity contribution in [1.29, 1.82) is 0 Å². The quantitative estimate of drug-likeness (QED) is 0.407. The molecule has 0 radical (unpaired) electrons. The Morgan fingerprint density at radius 3 is 2.38 bits per heavy atom. The van der Waals surface area contributed by atoms with Crippen LogP contribution in [0.4, 0.5) is 5.69 Å². The van der Waals surface area contributed by atoms with E-state index in [9.17, 15) is 13.6 Å². The lowest BCUT2D eigenvalue weighted by atomic mass is 9.93. The number of methoxy groups -OCH3 is 1. The molecule has 1 amide bonds. The molecule has 1 saturated heterocycles. The summed E-state index contributed by atoms with van der Waals surface area (Å²) >= 11 is -2.47. The molecular formula is C17H26N3O5S-. The molecule has 26 heavy (non-hydrogen) atoms. The first-order valence-electron chi connectivity index (χ1n) is 8.54. The van der Waals surface area contributed by atoms with Gasteiger partial charge >= 0.3 is 0 Å². The van der Waals surface area contributed by atoms with E-state index in [0.717, 1.165) is 11.4 Å². The first-order chi connectivity index (χ1) is 12.4. The smallest absolute Gasteiger partial charge is 0.249 e. The molecule has 2 rings (SSSR count). The molecule has 2 N–H and O–H groups in total. The van der Waals surface area contributed by atoms with E-state index < -0.39 is 28.3 Å². The Morgan fingerprint density at radius 2 is 1.88 bits per heavy atom. The number of carbonyl (C=O) groups excluding carboxylic acids is 1. The number of carbonyl (C=O) groups is 1. The molecule has 9 heteroatoms. The second-order valence-corrected chi connectivity index (χ2v) is 7.60. The Balaban J connectivity index is 2.15. The summed E-state index contributed by atoms with van der Waals surface area (Å²) in [6, 6.07) is 7.68. The predicted molar refractivity (Wildman–Crippen MR) is 97.7 cm³/mol. The van der Waals surface area contributed by atoms with Crippen molar-refractivity contribution in [2.75, 3.05) is 38.2 Å². The highest BCUT2D eigenvalue weighted by Gasteiger charge is 2.37. The number of ether oxygens (including phenoxy) is 1. The molecule has 0 aliphatic carbocycles. The molecule has 8 nitrogen and oxygen atoms in total. The summed E-state index contributed by atoms with van der Waals surface area (Å²) in [5, 5.41) is 8.01. The van der Waals surface area contributed by atoms with Crippen LogP contribution in [-0.2, 0) is 15.9 Å². The fraction of sp³-hybridized carbons (Fsp3) is 0.588. The highest BCUT2D eigenvalue weighted by Crippen LogP contribution is 2.30. The average Bonchev–Trinajstić information content (AvgIpc) is 2.65. The number of hydroxylamine groups is 1. The molecule has 146 valence electrons. The van der Waals surface area contributed by atoms with E-state index in [1.165, 1.54) is 0 Å². The number of para-hydroxylation sites is 2. The van der Waals surface area contributed by atoms with Gasteiger partial charge in [0.25, 0.3) is 0 Å². The highest BCUT2D eigenvalue weighted by molar-refractivity contribution is 7.79. The van der Waals surface area contributed by atoms with Crippen molar-refractivity contribution in [3.63, 3.8) is 0 Å². The van der Waals surface area contributed by atoms with E-state index in [2.05, 4.69) is 4.90 Å². The van der Waals surface area contributed by atoms with Crippen molar-refractivity contribution in [2.24, 2.45) is 11.8 Å². The molecule has 0 saturated carbocycles. The van der Waals surface area contributed by atoms with Crippen LogP contribution in [0.1, 0.15) is 13.8 Å². The predicted octanol–water partition coefficient (Wildman–Crippen LogP) is 0.800. The van der Waals surface area contributed by atoms with E-state index in [1.54, 1.807) is 31.3 Å². The zero-order chi connectivity index (χ0) is 19.3. The third-order valence-electron chi connectivity index (χ3n) is 4.74. The topological polar surface area (TPSA) is 105 Å². The number of piperazine rings is 1. The lowest BCUT2D eigenvalue weighted by Gasteiger charge is -2.44. The van der Waals surface area contributed by atoms with Crippen LogP contribution in [-0.4, -0.2) is 63.4 Å². The number of nitrogens with zero attached hydrogens (tertiary/aromatic N) is 2. The van der Waals surface area contributed by atoms with Gasteiger partial charge in [0, 0.05) is 26.2 Å². The molecule has 1 heterocycles. The van der Waals surface area contributed by atoms with Gasteiger partial charge in [0.2, 0.25) is 5.91 Å². The summed E-state index contributed by atoms with van der Waals surface area (Å²) in [6.07, 6.45) is 0. The first kappa shape index (κ1) is 20.6. The molecule has 0 aromatic heterocycles. The Morgan fingerprint density at radius 1 is 1.27 bits per heavy atom. The Bertz CT molecular complexity index is 635. The van der Waals surface area contributed by atoms with Crippen molar-refractivity contribution in [1.82, 2.24) is 10.4 Å². The normalized spacial score (nSPS) is 19.1. The van der Waals surface area contributed by atoms with Gasteiger partial charge in [-0.25, -0.2) is 5.48 Å². The van der Waals surface area contributed by atoms with Crippen LogP contribution in [0.25, 0.3) is 0 Å². The number of hydrogen-bond acceptors (Lipinski definition) is 7.